The van der Waals surface area contributed by atoms with Crippen LogP contribution in [0, 0.1) is 6.92 Å². The lowest BCUT2D eigenvalue weighted by atomic mass is 10.0. The Morgan fingerprint density at radius 2 is 1.67 bits per heavy atom. The van der Waals surface area contributed by atoms with Crippen molar-refractivity contribution in [3.8, 4) is 11.5 Å². The number of hydrogen-bond donors (Lipinski definition) is 1. The number of methoxy groups -OCH3 is 1. The summed E-state index contributed by atoms with van der Waals surface area (Å²) >= 11 is 0. The molecule has 1 unspecified atom stereocenters. The van der Waals surface area contributed by atoms with Crippen molar-refractivity contribution in [2.75, 3.05) is 23.9 Å². The molecule has 1 N–H and O–H groups in total. The molecule has 0 radical (unpaired) electrons. The number of ether oxygens (including phenoxy) is 3. The number of carbonyl (C=O) groups excluding carboxylic acids is 2. The van der Waals surface area contributed by atoms with E-state index in [-0.39, 0.29) is 19.1 Å². The zero-order valence-electron chi connectivity index (χ0n) is 22.1. The lowest BCUT2D eigenvalue weighted by Gasteiger charge is -2.38. The second kappa shape index (κ2) is 11.3. The Balaban J connectivity index is 1.50. The minimum atomic E-state index is -0.466. The monoisotopic (exact) mass is 522 g/mol. The van der Waals surface area contributed by atoms with Crippen LogP contribution < -0.4 is 19.7 Å². The van der Waals surface area contributed by atoms with Gasteiger partial charge in [0.2, 0.25) is 0 Å². The highest BCUT2D eigenvalue weighted by atomic mass is 16.5. The summed E-state index contributed by atoms with van der Waals surface area (Å²) in [4.78, 5) is 27.9. The molecule has 0 bridgehead atoms. The van der Waals surface area contributed by atoms with Gasteiger partial charge in [-0.2, -0.15) is 0 Å². The molecule has 1 aliphatic rings. The van der Waals surface area contributed by atoms with E-state index in [1.54, 1.807) is 43.2 Å². The first-order valence-corrected chi connectivity index (χ1v) is 12.8. The number of amides is 1. The average molecular weight is 523 g/mol. The van der Waals surface area contributed by atoms with E-state index < -0.39 is 12.1 Å². The Hall–Kier alpha value is -4.78. The van der Waals surface area contributed by atoms with E-state index >= 15 is 0 Å². The van der Waals surface area contributed by atoms with E-state index in [4.69, 9.17) is 14.2 Å². The standard InChI is InChI=1S/C32H30N2O5/c1-4-38-32(36)26-10-6-8-12-29(26)39-20-23-19-22(15-18-28(23)37-3)30-33-27-11-7-5-9-25(27)31(35)34(30)24-16-13-21(2)14-17-24/h5-19,30,33H,4,20H2,1-3H3. The summed E-state index contributed by atoms with van der Waals surface area (Å²) in [5, 5.41) is 3.55. The lowest BCUT2D eigenvalue weighted by Crippen LogP contribution is -2.43. The third-order valence-electron chi connectivity index (χ3n) is 6.62. The molecule has 1 aliphatic heterocycles. The van der Waals surface area contributed by atoms with Crippen LogP contribution in [0.3, 0.4) is 0 Å². The molecule has 0 fully saturated rings. The van der Waals surface area contributed by atoms with Crippen LogP contribution >= 0.6 is 0 Å². The molecule has 7 nitrogen and oxygen atoms in total. The first kappa shape index (κ1) is 25.9. The Kier molecular flexibility index (Phi) is 7.50. The van der Waals surface area contributed by atoms with Gasteiger partial charge in [-0.3, -0.25) is 9.69 Å². The van der Waals surface area contributed by atoms with Crippen LogP contribution in [0.4, 0.5) is 11.4 Å². The number of fused-ring (bicyclic) bond motifs is 1. The molecule has 0 aromatic heterocycles. The highest BCUT2D eigenvalue weighted by Gasteiger charge is 2.34. The van der Waals surface area contributed by atoms with Crippen LogP contribution in [0.15, 0.2) is 91.0 Å². The second-order valence-corrected chi connectivity index (χ2v) is 9.18. The number of esters is 1. The van der Waals surface area contributed by atoms with E-state index in [1.807, 2.05) is 73.7 Å². The summed E-state index contributed by atoms with van der Waals surface area (Å²) in [7, 11) is 1.60. The van der Waals surface area contributed by atoms with Gasteiger partial charge in [0.25, 0.3) is 5.91 Å². The van der Waals surface area contributed by atoms with Gasteiger partial charge in [-0.25, -0.2) is 4.79 Å². The molecule has 4 aromatic rings. The molecule has 1 amide bonds. The predicted molar refractivity (Wildman–Crippen MR) is 151 cm³/mol. The van der Waals surface area contributed by atoms with Crippen LogP contribution in [0.5, 0.6) is 11.5 Å². The maximum Gasteiger partial charge on any atom is 0.341 e. The van der Waals surface area contributed by atoms with Crippen molar-refractivity contribution in [1.82, 2.24) is 0 Å². The van der Waals surface area contributed by atoms with Gasteiger partial charge in [0.05, 0.1) is 19.3 Å². The normalized spacial score (nSPS) is 14.3. The molecule has 7 heteroatoms. The van der Waals surface area contributed by atoms with E-state index in [1.165, 1.54) is 0 Å². The minimum absolute atomic E-state index is 0.0878. The van der Waals surface area contributed by atoms with Gasteiger partial charge >= 0.3 is 5.97 Å². The highest BCUT2D eigenvalue weighted by Crippen LogP contribution is 2.38. The van der Waals surface area contributed by atoms with Crippen LogP contribution in [0.25, 0.3) is 0 Å². The molecule has 1 atom stereocenters. The first-order chi connectivity index (χ1) is 19.0. The van der Waals surface area contributed by atoms with Crippen LogP contribution in [0.2, 0.25) is 0 Å². The van der Waals surface area contributed by atoms with Crippen molar-refractivity contribution in [3.63, 3.8) is 0 Å². The molecular formula is C32H30N2O5. The van der Waals surface area contributed by atoms with Crippen molar-refractivity contribution in [2.45, 2.75) is 26.6 Å². The summed E-state index contributed by atoms with van der Waals surface area (Å²) in [6.45, 7) is 4.20. The van der Waals surface area contributed by atoms with Crippen LogP contribution in [-0.2, 0) is 11.3 Å². The highest BCUT2D eigenvalue weighted by molar-refractivity contribution is 6.12. The number of benzene rings is 4. The molecule has 5 rings (SSSR count). The summed E-state index contributed by atoms with van der Waals surface area (Å²) in [5.74, 6) is 0.530. The molecule has 0 saturated heterocycles. The van der Waals surface area contributed by atoms with Gasteiger partial charge in [0, 0.05) is 16.9 Å². The van der Waals surface area contributed by atoms with Gasteiger partial charge in [-0.1, -0.05) is 48.0 Å². The molecule has 0 saturated carbocycles. The zero-order chi connectivity index (χ0) is 27.4. The number of anilines is 2. The number of nitrogens with zero attached hydrogens (tertiary/aromatic N) is 1. The van der Waals surface area contributed by atoms with Crippen molar-refractivity contribution in [1.29, 1.82) is 0 Å². The van der Waals surface area contributed by atoms with Crippen molar-refractivity contribution < 1.29 is 23.8 Å². The quantitative estimate of drug-likeness (QED) is 0.265. The Labute approximate surface area is 227 Å². The van der Waals surface area contributed by atoms with E-state index in [9.17, 15) is 9.59 Å². The van der Waals surface area contributed by atoms with Crippen LogP contribution in [0.1, 0.15) is 50.5 Å². The smallest absolute Gasteiger partial charge is 0.341 e. The molecule has 4 aromatic carbocycles. The second-order valence-electron chi connectivity index (χ2n) is 9.18. The maximum absolute atomic E-state index is 13.8. The summed E-state index contributed by atoms with van der Waals surface area (Å²) in [6, 6.07) is 28.2. The van der Waals surface area contributed by atoms with Gasteiger partial charge < -0.3 is 19.5 Å². The predicted octanol–water partition coefficient (Wildman–Crippen LogP) is 6.53. The molecule has 1 heterocycles. The molecule has 0 spiro atoms. The number of aryl methyl sites for hydroxylation is 1. The van der Waals surface area contributed by atoms with Crippen molar-refractivity contribution >= 4 is 23.3 Å². The van der Waals surface area contributed by atoms with Crippen molar-refractivity contribution in [2.24, 2.45) is 0 Å². The summed E-state index contributed by atoms with van der Waals surface area (Å²) in [6.07, 6.45) is -0.466. The first-order valence-electron chi connectivity index (χ1n) is 12.8. The van der Waals surface area contributed by atoms with Gasteiger partial charge in [0.1, 0.15) is 29.8 Å². The Bertz CT molecular complexity index is 1500. The maximum atomic E-state index is 13.8. The van der Waals surface area contributed by atoms with E-state index in [0.29, 0.717) is 22.6 Å². The number of para-hydroxylation sites is 2. The fourth-order valence-electron chi connectivity index (χ4n) is 4.67. The fourth-order valence-corrected chi connectivity index (χ4v) is 4.67. The molecule has 0 aliphatic carbocycles. The third-order valence-corrected chi connectivity index (χ3v) is 6.62. The minimum Gasteiger partial charge on any atom is -0.496 e. The van der Waals surface area contributed by atoms with E-state index in [2.05, 4.69) is 5.32 Å². The van der Waals surface area contributed by atoms with Gasteiger partial charge in [0.15, 0.2) is 0 Å². The number of hydrogen-bond acceptors (Lipinski definition) is 6. The zero-order valence-corrected chi connectivity index (χ0v) is 22.1. The topological polar surface area (TPSA) is 77.1 Å². The number of rotatable bonds is 8. The number of nitrogens with one attached hydrogen (secondary N) is 1. The van der Waals surface area contributed by atoms with Crippen LogP contribution in [-0.4, -0.2) is 25.6 Å². The summed E-state index contributed by atoms with van der Waals surface area (Å²) < 4.78 is 16.9. The average Bonchev–Trinajstić information content (AvgIpc) is 2.97. The molecule has 198 valence electrons. The van der Waals surface area contributed by atoms with E-state index in [0.717, 1.165) is 28.1 Å². The largest absolute Gasteiger partial charge is 0.496 e. The fraction of sp³-hybridized carbons (Fsp3) is 0.188. The Morgan fingerprint density at radius 3 is 2.44 bits per heavy atom. The number of carbonyl (C=O) groups is 2. The SMILES string of the molecule is CCOC(=O)c1ccccc1OCc1cc(C2Nc3ccccc3C(=O)N2c2ccc(C)cc2)ccc1OC. The third kappa shape index (κ3) is 5.29. The Morgan fingerprint density at radius 1 is 0.923 bits per heavy atom. The molecule has 39 heavy (non-hydrogen) atoms. The lowest BCUT2D eigenvalue weighted by molar-refractivity contribution is 0.0521. The molecular weight excluding hydrogens is 492 g/mol. The van der Waals surface area contributed by atoms with Gasteiger partial charge in [-0.15, -0.1) is 0 Å². The van der Waals surface area contributed by atoms with Crippen molar-refractivity contribution in [3.05, 3.63) is 119 Å². The van der Waals surface area contributed by atoms with Gasteiger partial charge in [-0.05, 0) is 67.9 Å². The summed E-state index contributed by atoms with van der Waals surface area (Å²) in [5.41, 5.74) is 5.27.